The van der Waals surface area contributed by atoms with Gasteiger partial charge in [0.15, 0.2) is 5.60 Å². The van der Waals surface area contributed by atoms with Crippen LogP contribution >= 0.6 is 11.6 Å². The topological polar surface area (TPSA) is 50.8 Å². The number of nitrogens with one attached hydrogen (secondary N) is 1. The van der Waals surface area contributed by atoms with E-state index in [1.54, 1.807) is 45.2 Å². The van der Waals surface area contributed by atoms with E-state index in [0.29, 0.717) is 23.2 Å². The normalized spacial score (nSPS) is 15.6. The van der Waals surface area contributed by atoms with Crippen LogP contribution in [0.3, 0.4) is 0 Å². The van der Waals surface area contributed by atoms with Crippen molar-refractivity contribution in [2.24, 2.45) is 5.92 Å². The van der Waals surface area contributed by atoms with Gasteiger partial charge in [0.1, 0.15) is 11.5 Å². The van der Waals surface area contributed by atoms with E-state index < -0.39 is 5.60 Å². The minimum absolute atomic E-state index is 0.0990. The van der Waals surface area contributed by atoms with Gasteiger partial charge in [-0.1, -0.05) is 23.7 Å². The highest BCUT2D eigenvalue weighted by Gasteiger charge is 2.30. The van der Waals surface area contributed by atoms with Gasteiger partial charge in [0, 0.05) is 18.1 Å². The van der Waals surface area contributed by atoms with Gasteiger partial charge in [0.2, 0.25) is 0 Å². The van der Waals surface area contributed by atoms with Gasteiger partial charge in [-0.25, -0.2) is 0 Å². The van der Waals surface area contributed by atoms with E-state index in [2.05, 4.69) is 22.3 Å². The average molecular weight is 431 g/mol. The molecule has 0 aromatic heterocycles. The zero-order valence-electron chi connectivity index (χ0n) is 18.0. The standard InChI is InChI=1S/C24H31ClN2O3/c1-24(2,30-22-10-6-20(25)7-11-22)23(28)26-16-18-12-14-27(15-13-18)17-19-4-8-21(29-3)9-5-19/h4-11,18H,12-17H2,1-3H3,(H,26,28). The molecular formula is C24H31ClN2O3. The summed E-state index contributed by atoms with van der Waals surface area (Å²) in [7, 11) is 1.68. The fourth-order valence-electron chi connectivity index (χ4n) is 3.63. The predicted octanol–water partition coefficient (Wildman–Crippen LogP) is 4.53. The summed E-state index contributed by atoms with van der Waals surface area (Å²) in [5, 5.41) is 3.72. The maximum atomic E-state index is 12.7. The van der Waals surface area contributed by atoms with Crippen LogP contribution in [0, 0.1) is 5.92 Å². The molecule has 0 radical (unpaired) electrons. The lowest BCUT2D eigenvalue weighted by Crippen LogP contribution is -2.48. The third-order valence-electron chi connectivity index (χ3n) is 5.56. The predicted molar refractivity (Wildman–Crippen MR) is 120 cm³/mol. The van der Waals surface area contributed by atoms with Crippen molar-refractivity contribution >= 4 is 17.5 Å². The second-order valence-corrected chi connectivity index (χ2v) is 8.78. The third-order valence-corrected chi connectivity index (χ3v) is 5.81. The summed E-state index contributed by atoms with van der Waals surface area (Å²) < 4.78 is 11.1. The van der Waals surface area contributed by atoms with Crippen LogP contribution in [0.1, 0.15) is 32.3 Å². The number of halogens is 1. The van der Waals surface area contributed by atoms with Crippen LogP contribution in [0.25, 0.3) is 0 Å². The van der Waals surface area contributed by atoms with Crippen LogP contribution in [0.15, 0.2) is 48.5 Å². The first kappa shape index (κ1) is 22.4. The van der Waals surface area contributed by atoms with Crippen LogP contribution < -0.4 is 14.8 Å². The van der Waals surface area contributed by atoms with Crippen molar-refractivity contribution in [1.82, 2.24) is 10.2 Å². The number of benzene rings is 2. The molecule has 1 N–H and O–H groups in total. The van der Waals surface area contributed by atoms with E-state index in [-0.39, 0.29) is 5.91 Å². The summed E-state index contributed by atoms with van der Waals surface area (Å²) in [4.78, 5) is 15.1. The zero-order valence-corrected chi connectivity index (χ0v) is 18.7. The molecule has 0 bridgehead atoms. The van der Waals surface area contributed by atoms with Crippen molar-refractivity contribution in [2.45, 2.75) is 38.8 Å². The fourth-order valence-corrected chi connectivity index (χ4v) is 3.76. The minimum Gasteiger partial charge on any atom is -0.497 e. The monoisotopic (exact) mass is 430 g/mol. The molecule has 30 heavy (non-hydrogen) atoms. The smallest absolute Gasteiger partial charge is 0.263 e. The van der Waals surface area contributed by atoms with E-state index >= 15 is 0 Å². The van der Waals surface area contributed by atoms with E-state index in [0.717, 1.165) is 38.2 Å². The van der Waals surface area contributed by atoms with Crippen LogP contribution in [0.2, 0.25) is 5.02 Å². The number of hydrogen-bond acceptors (Lipinski definition) is 4. The molecule has 1 heterocycles. The largest absolute Gasteiger partial charge is 0.497 e. The highest BCUT2D eigenvalue weighted by atomic mass is 35.5. The van der Waals surface area contributed by atoms with Crippen molar-refractivity contribution in [1.29, 1.82) is 0 Å². The summed E-state index contributed by atoms with van der Waals surface area (Å²) in [6.45, 7) is 7.28. The summed E-state index contributed by atoms with van der Waals surface area (Å²) >= 11 is 5.91. The van der Waals surface area contributed by atoms with Crippen LogP contribution in [0.4, 0.5) is 0 Å². The molecule has 1 saturated heterocycles. The Labute approximate surface area is 184 Å². The number of carbonyl (C=O) groups excluding carboxylic acids is 1. The number of carbonyl (C=O) groups is 1. The molecule has 0 spiro atoms. The number of methoxy groups -OCH3 is 1. The number of amides is 1. The third kappa shape index (κ3) is 6.38. The molecule has 0 saturated carbocycles. The van der Waals surface area contributed by atoms with Gasteiger partial charge < -0.3 is 14.8 Å². The number of piperidine rings is 1. The zero-order chi connectivity index (χ0) is 21.6. The lowest BCUT2D eigenvalue weighted by Gasteiger charge is -2.33. The highest BCUT2D eigenvalue weighted by molar-refractivity contribution is 6.30. The lowest BCUT2D eigenvalue weighted by molar-refractivity contribution is -0.134. The van der Waals surface area contributed by atoms with Crippen molar-refractivity contribution in [3.63, 3.8) is 0 Å². The SMILES string of the molecule is COc1ccc(CN2CCC(CNC(=O)C(C)(C)Oc3ccc(Cl)cc3)CC2)cc1. The molecule has 0 unspecified atom stereocenters. The fraction of sp³-hybridized carbons (Fsp3) is 0.458. The summed E-state index contributed by atoms with van der Waals surface area (Å²) in [5.74, 6) is 1.91. The molecule has 0 atom stereocenters. The quantitative estimate of drug-likeness (QED) is 0.668. The number of hydrogen-bond donors (Lipinski definition) is 1. The first-order chi connectivity index (χ1) is 14.4. The highest BCUT2D eigenvalue weighted by Crippen LogP contribution is 2.22. The second-order valence-electron chi connectivity index (χ2n) is 8.34. The van der Waals surface area contributed by atoms with Gasteiger partial charge in [-0.05, 0) is 87.7 Å². The van der Waals surface area contributed by atoms with E-state index in [4.69, 9.17) is 21.1 Å². The van der Waals surface area contributed by atoms with Gasteiger partial charge >= 0.3 is 0 Å². The second kappa shape index (κ2) is 10.2. The van der Waals surface area contributed by atoms with Crippen LogP contribution in [-0.4, -0.2) is 43.2 Å². The first-order valence-corrected chi connectivity index (χ1v) is 10.8. The Balaban J connectivity index is 1.40. The van der Waals surface area contributed by atoms with Gasteiger partial charge in [-0.15, -0.1) is 0 Å². The van der Waals surface area contributed by atoms with Gasteiger partial charge in [0.05, 0.1) is 7.11 Å². The minimum atomic E-state index is -0.942. The molecule has 1 amide bonds. The lowest BCUT2D eigenvalue weighted by atomic mass is 9.96. The number of likely N-dealkylation sites (tertiary alicyclic amines) is 1. The molecule has 1 fully saturated rings. The van der Waals surface area contributed by atoms with Crippen molar-refractivity contribution in [3.8, 4) is 11.5 Å². The van der Waals surface area contributed by atoms with Gasteiger partial charge in [-0.2, -0.15) is 0 Å². The number of ether oxygens (including phenoxy) is 2. The summed E-state index contributed by atoms with van der Waals surface area (Å²) in [5.41, 5.74) is 0.353. The Morgan fingerprint density at radius 3 is 2.27 bits per heavy atom. The maximum Gasteiger partial charge on any atom is 0.263 e. The Morgan fingerprint density at radius 1 is 1.07 bits per heavy atom. The number of rotatable bonds is 8. The Morgan fingerprint density at radius 2 is 1.67 bits per heavy atom. The summed E-state index contributed by atoms with van der Waals surface area (Å²) in [6.07, 6.45) is 2.16. The van der Waals surface area contributed by atoms with E-state index in [9.17, 15) is 4.79 Å². The number of nitrogens with zero attached hydrogens (tertiary/aromatic N) is 1. The Kier molecular flexibility index (Phi) is 7.62. The molecule has 3 rings (SSSR count). The molecule has 5 nitrogen and oxygen atoms in total. The molecule has 1 aliphatic rings. The molecule has 6 heteroatoms. The Hall–Kier alpha value is -2.24. The van der Waals surface area contributed by atoms with E-state index in [1.807, 2.05) is 12.1 Å². The van der Waals surface area contributed by atoms with Crippen molar-refractivity contribution in [2.75, 3.05) is 26.7 Å². The molecule has 2 aromatic carbocycles. The van der Waals surface area contributed by atoms with Crippen molar-refractivity contribution in [3.05, 3.63) is 59.1 Å². The Bertz CT molecular complexity index is 813. The van der Waals surface area contributed by atoms with Crippen molar-refractivity contribution < 1.29 is 14.3 Å². The van der Waals surface area contributed by atoms with Crippen LogP contribution in [0.5, 0.6) is 11.5 Å². The maximum absolute atomic E-state index is 12.7. The molecule has 2 aromatic rings. The molecular weight excluding hydrogens is 400 g/mol. The average Bonchev–Trinajstić information content (AvgIpc) is 2.75. The molecule has 1 aliphatic heterocycles. The van der Waals surface area contributed by atoms with Gasteiger partial charge in [0.25, 0.3) is 5.91 Å². The molecule has 0 aliphatic carbocycles. The first-order valence-electron chi connectivity index (χ1n) is 10.4. The van der Waals surface area contributed by atoms with Crippen LogP contribution in [-0.2, 0) is 11.3 Å². The van der Waals surface area contributed by atoms with Gasteiger partial charge in [-0.3, -0.25) is 9.69 Å². The molecule has 162 valence electrons. The summed E-state index contributed by atoms with van der Waals surface area (Å²) in [6, 6.07) is 15.3. The van der Waals surface area contributed by atoms with E-state index in [1.165, 1.54) is 5.56 Å².